The second kappa shape index (κ2) is 6.10. The monoisotopic (exact) mass is 260 g/mol. The van der Waals surface area contributed by atoms with E-state index in [1.807, 2.05) is 24.9 Å². The summed E-state index contributed by atoms with van der Waals surface area (Å²) in [5.41, 5.74) is 7.93. The smallest absolute Gasteiger partial charge is 0.253 e. The lowest BCUT2D eigenvalue weighted by Gasteiger charge is -2.26. The number of nitrogens with two attached hydrogens (primary N) is 1. The predicted molar refractivity (Wildman–Crippen MR) is 77.0 cm³/mol. The number of hydrogen-bond acceptors (Lipinski definition) is 4. The summed E-state index contributed by atoms with van der Waals surface area (Å²) in [5, 5.41) is 8.72. The van der Waals surface area contributed by atoms with Gasteiger partial charge in [-0.05, 0) is 25.1 Å². The summed E-state index contributed by atoms with van der Waals surface area (Å²) in [6, 6.07) is 7.46. The van der Waals surface area contributed by atoms with Crippen LogP contribution >= 0.6 is 0 Å². The zero-order valence-corrected chi connectivity index (χ0v) is 11.8. The molecule has 1 unspecified atom stereocenters. The van der Waals surface area contributed by atoms with Gasteiger partial charge < -0.3 is 15.5 Å². The number of nitrogens with zero attached hydrogens (tertiary/aromatic N) is 3. The van der Waals surface area contributed by atoms with Gasteiger partial charge in [-0.25, -0.2) is 0 Å². The number of amides is 1. The van der Waals surface area contributed by atoms with Gasteiger partial charge in [0.15, 0.2) is 0 Å². The summed E-state index contributed by atoms with van der Waals surface area (Å²) in [5.74, 6) is -0.0778. The van der Waals surface area contributed by atoms with Crippen molar-refractivity contribution in [2.24, 2.45) is 0 Å². The fourth-order valence-electron chi connectivity index (χ4n) is 1.77. The fraction of sp³-hybridized carbons (Fsp3) is 0.429. The molecule has 0 bridgehead atoms. The number of nitrogen functional groups attached to an aromatic ring is 1. The second-order valence-electron chi connectivity index (χ2n) is 4.80. The normalized spacial score (nSPS) is 11.5. The lowest BCUT2D eigenvalue weighted by atomic mass is 10.1. The average Bonchev–Trinajstić information content (AvgIpc) is 2.37. The highest BCUT2D eigenvalue weighted by molar-refractivity contribution is 5.95. The molecule has 5 nitrogen and oxygen atoms in total. The number of carbonyl (C=O) groups is 1. The molecule has 19 heavy (non-hydrogen) atoms. The molecule has 2 N–H and O–H groups in total. The number of anilines is 2. The molecule has 102 valence electrons. The minimum atomic E-state index is -0.0778. The highest BCUT2D eigenvalue weighted by Crippen LogP contribution is 2.26. The molecule has 0 saturated carbocycles. The van der Waals surface area contributed by atoms with Crippen LogP contribution in [0.5, 0.6) is 0 Å². The van der Waals surface area contributed by atoms with Crippen LogP contribution in [0.2, 0.25) is 0 Å². The van der Waals surface area contributed by atoms with E-state index < -0.39 is 0 Å². The van der Waals surface area contributed by atoms with E-state index in [-0.39, 0.29) is 11.9 Å². The van der Waals surface area contributed by atoms with Crippen molar-refractivity contribution < 1.29 is 4.79 Å². The van der Waals surface area contributed by atoms with Crippen LogP contribution in [-0.2, 0) is 0 Å². The first kappa shape index (κ1) is 14.8. The molecule has 0 heterocycles. The lowest BCUT2D eigenvalue weighted by molar-refractivity contribution is 0.0827. The number of carbonyl (C=O) groups excluding carboxylic acids is 1. The average molecular weight is 260 g/mol. The Morgan fingerprint density at radius 3 is 2.53 bits per heavy atom. The summed E-state index contributed by atoms with van der Waals surface area (Å²) in [6.07, 6.45) is 0.425. The van der Waals surface area contributed by atoms with Crippen LogP contribution in [0.4, 0.5) is 11.4 Å². The Balaban J connectivity index is 3.01. The number of benzene rings is 1. The first-order valence-corrected chi connectivity index (χ1v) is 6.09. The van der Waals surface area contributed by atoms with E-state index in [0.717, 1.165) is 5.69 Å². The van der Waals surface area contributed by atoms with E-state index in [1.165, 1.54) is 4.90 Å². The van der Waals surface area contributed by atoms with Crippen molar-refractivity contribution in [2.45, 2.75) is 19.4 Å². The van der Waals surface area contributed by atoms with E-state index in [1.54, 1.807) is 26.2 Å². The number of hydrogen-bond donors (Lipinski definition) is 1. The third-order valence-electron chi connectivity index (χ3n) is 3.11. The second-order valence-corrected chi connectivity index (χ2v) is 4.80. The Hall–Kier alpha value is -2.22. The molecule has 1 aromatic rings. The van der Waals surface area contributed by atoms with Crippen LogP contribution in [0.25, 0.3) is 0 Å². The van der Waals surface area contributed by atoms with Crippen LogP contribution in [0.3, 0.4) is 0 Å². The van der Waals surface area contributed by atoms with E-state index in [9.17, 15) is 4.79 Å². The molecule has 1 atom stereocenters. The van der Waals surface area contributed by atoms with E-state index in [2.05, 4.69) is 6.07 Å². The third kappa shape index (κ3) is 3.38. The van der Waals surface area contributed by atoms with Crippen molar-refractivity contribution >= 4 is 17.3 Å². The van der Waals surface area contributed by atoms with Gasteiger partial charge in [-0.1, -0.05) is 0 Å². The van der Waals surface area contributed by atoms with Gasteiger partial charge in [0, 0.05) is 32.7 Å². The van der Waals surface area contributed by atoms with Crippen molar-refractivity contribution in [3.8, 4) is 6.07 Å². The molecule has 0 fully saturated rings. The van der Waals surface area contributed by atoms with Crippen LogP contribution in [0, 0.1) is 11.3 Å². The summed E-state index contributed by atoms with van der Waals surface area (Å²) in [7, 11) is 5.29. The minimum Gasteiger partial charge on any atom is -0.397 e. The Labute approximate surface area is 114 Å². The molecule has 0 aliphatic rings. The third-order valence-corrected chi connectivity index (χ3v) is 3.11. The Bertz CT molecular complexity index is 505. The molecule has 1 aromatic carbocycles. The van der Waals surface area contributed by atoms with Crippen LogP contribution < -0.4 is 10.6 Å². The van der Waals surface area contributed by atoms with Gasteiger partial charge >= 0.3 is 0 Å². The van der Waals surface area contributed by atoms with Crippen molar-refractivity contribution in [1.82, 2.24) is 4.90 Å². The van der Waals surface area contributed by atoms with Gasteiger partial charge in [0.05, 0.1) is 23.9 Å². The predicted octanol–water partition coefficient (Wildman–Crippen LogP) is 1.71. The van der Waals surface area contributed by atoms with E-state index in [4.69, 9.17) is 11.0 Å². The molecule has 0 aliphatic heterocycles. The quantitative estimate of drug-likeness (QED) is 0.836. The van der Waals surface area contributed by atoms with Gasteiger partial charge in [-0.3, -0.25) is 4.79 Å². The van der Waals surface area contributed by atoms with Gasteiger partial charge in [0.2, 0.25) is 0 Å². The van der Waals surface area contributed by atoms with E-state index >= 15 is 0 Å². The van der Waals surface area contributed by atoms with Crippen molar-refractivity contribution in [1.29, 1.82) is 5.26 Å². The largest absolute Gasteiger partial charge is 0.397 e. The summed E-state index contributed by atoms with van der Waals surface area (Å²) in [6.45, 7) is 1.96. The molecular weight excluding hydrogens is 240 g/mol. The van der Waals surface area contributed by atoms with Crippen LogP contribution in [0.1, 0.15) is 23.7 Å². The molecule has 5 heteroatoms. The molecular formula is C14H20N4O. The highest BCUT2D eigenvalue weighted by atomic mass is 16.2. The first-order valence-electron chi connectivity index (χ1n) is 6.09. The minimum absolute atomic E-state index is 0.0719. The number of nitriles is 1. The van der Waals surface area contributed by atoms with Crippen molar-refractivity contribution in [3.05, 3.63) is 23.8 Å². The molecule has 0 aliphatic carbocycles. The van der Waals surface area contributed by atoms with Gasteiger partial charge in [-0.15, -0.1) is 0 Å². The Morgan fingerprint density at radius 1 is 1.42 bits per heavy atom. The SMILES string of the molecule is CC(CC#N)N(C)c1ccc(C(=O)N(C)C)cc1N. The van der Waals surface area contributed by atoms with Gasteiger partial charge in [0.1, 0.15) is 0 Å². The molecule has 0 saturated heterocycles. The van der Waals surface area contributed by atoms with Crippen LogP contribution in [0.15, 0.2) is 18.2 Å². The molecule has 0 spiro atoms. The molecule has 1 amide bonds. The first-order chi connectivity index (χ1) is 8.88. The standard InChI is InChI=1S/C14H20N4O/c1-10(7-8-15)18(4)13-6-5-11(9-12(13)16)14(19)17(2)3/h5-6,9-10H,7,16H2,1-4H3. The van der Waals surface area contributed by atoms with Crippen molar-refractivity contribution in [3.63, 3.8) is 0 Å². The fourth-order valence-corrected chi connectivity index (χ4v) is 1.77. The molecule has 1 rings (SSSR count). The summed E-state index contributed by atoms with van der Waals surface area (Å²) >= 11 is 0. The summed E-state index contributed by atoms with van der Waals surface area (Å²) in [4.78, 5) is 15.3. The Morgan fingerprint density at radius 2 is 2.05 bits per heavy atom. The maximum absolute atomic E-state index is 11.8. The topological polar surface area (TPSA) is 73.4 Å². The lowest BCUT2D eigenvalue weighted by Crippen LogP contribution is -2.29. The maximum Gasteiger partial charge on any atom is 0.253 e. The number of rotatable bonds is 4. The zero-order chi connectivity index (χ0) is 14.6. The Kier molecular flexibility index (Phi) is 4.76. The van der Waals surface area contributed by atoms with Gasteiger partial charge in [-0.2, -0.15) is 5.26 Å². The van der Waals surface area contributed by atoms with E-state index in [0.29, 0.717) is 17.7 Å². The zero-order valence-electron chi connectivity index (χ0n) is 11.8. The van der Waals surface area contributed by atoms with Crippen LogP contribution in [-0.4, -0.2) is 38.0 Å². The molecule has 0 radical (unpaired) electrons. The highest BCUT2D eigenvalue weighted by Gasteiger charge is 2.15. The van der Waals surface area contributed by atoms with Crippen molar-refractivity contribution in [2.75, 3.05) is 31.8 Å². The van der Waals surface area contributed by atoms with Gasteiger partial charge in [0.25, 0.3) is 5.91 Å². The summed E-state index contributed by atoms with van der Waals surface area (Å²) < 4.78 is 0. The molecule has 0 aromatic heterocycles. The maximum atomic E-state index is 11.8.